The number of hydrogen-bond acceptors (Lipinski definition) is 3. The van der Waals surface area contributed by atoms with Crippen LogP contribution in [0.4, 0.5) is 0 Å². The highest BCUT2D eigenvalue weighted by Gasteiger charge is 2.18. The van der Waals surface area contributed by atoms with Crippen LogP contribution in [0.3, 0.4) is 0 Å². The maximum Gasteiger partial charge on any atom is 0.234 e. The summed E-state index contributed by atoms with van der Waals surface area (Å²) in [5, 5.41) is 7.42. The highest BCUT2D eigenvalue weighted by Crippen LogP contribution is 2.04. The van der Waals surface area contributed by atoms with Gasteiger partial charge >= 0.3 is 0 Å². The predicted molar refractivity (Wildman–Crippen MR) is 67.2 cm³/mol. The number of primary amides is 1. The number of nitrogens with one attached hydrogen (secondary N) is 1. The highest BCUT2D eigenvalue weighted by atomic mass is 16.1. The Kier molecular flexibility index (Phi) is 5.15. The van der Waals surface area contributed by atoms with E-state index in [1.165, 1.54) is 0 Å². The highest BCUT2D eigenvalue weighted by molar-refractivity contribution is 5.80. The quantitative estimate of drug-likeness (QED) is 0.741. The topological polar surface area (TPSA) is 72.9 Å². The van der Waals surface area contributed by atoms with Crippen LogP contribution in [0, 0.1) is 5.92 Å². The van der Waals surface area contributed by atoms with Crippen LogP contribution in [0.15, 0.2) is 12.3 Å². The first kappa shape index (κ1) is 13.7. The van der Waals surface area contributed by atoms with Crippen LogP contribution < -0.4 is 11.1 Å². The van der Waals surface area contributed by atoms with E-state index >= 15 is 0 Å². The van der Waals surface area contributed by atoms with Crippen molar-refractivity contribution >= 4 is 5.91 Å². The predicted octanol–water partition coefficient (Wildman–Crippen LogP) is 0.893. The molecular weight excluding hydrogens is 216 g/mol. The number of carbonyl (C=O) groups is 1. The third kappa shape index (κ3) is 3.85. The zero-order valence-electron chi connectivity index (χ0n) is 10.8. The molecule has 0 radical (unpaired) electrons. The summed E-state index contributed by atoms with van der Waals surface area (Å²) in [6.45, 7) is 7.58. The Hall–Kier alpha value is -1.36. The van der Waals surface area contributed by atoms with Crippen molar-refractivity contribution in [1.29, 1.82) is 0 Å². The van der Waals surface area contributed by atoms with E-state index < -0.39 is 0 Å². The van der Waals surface area contributed by atoms with E-state index in [0.717, 1.165) is 18.7 Å². The zero-order valence-corrected chi connectivity index (χ0v) is 10.8. The van der Waals surface area contributed by atoms with Crippen LogP contribution in [0.5, 0.6) is 0 Å². The van der Waals surface area contributed by atoms with E-state index in [1.807, 2.05) is 24.6 Å². The second-order valence-corrected chi connectivity index (χ2v) is 4.55. The molecule has 0 bridgehead atoms. The summed E-state index contributed by atoms with van der Waals surface area (Å²) >= 11 is 0. The molecule has 0 aliphatic heterocycles. The van der Waals surface area contributed by atoms with Crippen molar-refractivity contribution in [3.05, 3.63) is 18.0 Å². The average Bonchev–Trinajstić information content (AvgIpc) is 2.65. The number of nitrogens with zero attached hydrogens (tertiary/aromatic N) is 2. The number of hydrogen-bond donors (Lipinski definition) is 2. The first-order valence-corrected chi connectivity index (χ1v) is 6.09. The van der Waals surface area contributed by atoms with Crippen molar-refractivity contribution in [1.82, 2.24) is 15.1 Å². The second kappa shape index (κ2) is 6.39. The molecule has 5 heteroatoms. The molecule has 0 spiro atoms. The van der Waals surface area contributed by atoms with E-state index in [-0.39, 0.29) is 17.9 Å². The van der Waals surface area contributed by atoms with Gasteiger partial charge in [-0.3, -0.25) is 14.8 Å². The van der Waals surface area contributed by atoms with Crippen molar-refractivity contribution in [2.24, 2.45) is 11.7 Å². The summed E-state index contributed by atoms with van der Waals surface area (Å²) in [7, 11) is 0. The lowest BCUT2D eigenvalue weighted by Gasteiger charge is -2.19. The minimum Gasteiger partial charge on any atom is -0.368 e. The molecule has 1 atom stereocenters. The van der Waals surface area contributed by atoms with Crippen molar-refractivity contribution < 1.29 is 4.79 Å². The number of amides is 1. The third-order valence-corrected chi connectivity index (χ3v) is 2.72. The number of aromatic nitrogens is 2. The molecule has 0 fully saturated rings. The molecule has 3 N–H and O–H groups in total. The molecule has 17 heavy (non-hydrogen) atoms. The summed E-state index contributed by atoms with van der Waals surface area (Å²) in [4.78, 5) is 11.2. The summed E-state index contributed by atoms with van der Waals surface area (Å²) in [6, 6.07) is 1.67. The molecule has 0 aliphatic rings. The van der Waals surface area contributed by atoms with Gasteiger partial charge in [0.05, 0.1) is 11.7 Å². The van der Waals surface area contributed by atoms with E-state index in [4.69, 9.17) is 5.73 Å². The van der Waals surface area contributed by atoms with Crippen LogP contribution in [0.2, 0.25) is 0 Å². The lowest BCUT2D eigenvalue weighted by atomic mass is 10.0. The Labute approximate surface area is 102 Å². The van der Waals surface area contributed by atoms with Gasteiger partial charge in [-0.05, 0) is 18.4 Å². The molecule has 1 amide bonds. The SMILES string of the molecule is CCCn1nccc1CNC(C(N)=O)C(C)C. The lowest BCUT2D eigenvalue weighted by Crippen LogP contribution is -2.44. The molecule has 1 rings (SSSR count). The summed E-state index contributed by atoms with van der Waals surface area (Å²) < 4.78 is 1.95. The van der Waals surface area contributed by atoms with Gasteiger partial charge in [-0.1, -0.05) is 20.8 Å². The van der Waals surface area contributed by atoms with Gasteiger partial charge in [0.1, 0.15) is 0 Å². The molecule has 1 heterocycles. The van der Waals surface area contributed by atoms with Crippen LogP contribution in [0.25, 0.3) is 0 Å². The van der Waals surface area contributed by atoms with Gasteiger partial charge in [0.25, 0.3) is 0 Å². The second-order valence-electron chi connectivity index (χ2n) is 4.55. The third-order valence-electron chi connectivity index (χ3n) is 2.72. The molecule has 96 valence electrons. The molecule has 5 nitrogen and oxygen atoms in total. The molecule has 0 aromatic carbocycles. The average molecular weight is 238 g/mol. The molecule has 0 aliphatic carbocycles. The Bertz CT molecular complexity index is 359. The van der Waals surface area contributed by atoms with Crippen LogP contribution >= 0.6 is 0 Å². The Morgan fingerprint density at radius 2 is 2.29 bits per heavy atom. The fourth-order valence-electron chi connectivity index (χ4n) is 1.80. The van der Waals surface area contributed by atoms with Crippen LogP contribution in [-0.4, -0.2) is 21.7 Å². The molecule has 1 unspecified atom stereocenters. The minimum absolute atomic E-state index is 0.190. The molecule has 0 saturated heterocycles. The van der Waals surface area contributed by atoms with Crippen LogP contribution in [0.1, 0.15) is 32.9 Å². The first-order valence-electron chi connectivity index (χ1n) is 6.09. The summed E-state index contributed by atoms with van der Waals surface area (Å²) in [6.07, 6.45) is 2.82. The van der Waals surface area contributed by atoms with E-state index in [0.29, 0.717) is 6.54 Å². The Balaban J connectivity index is 2.59. The normalized spacial score (nSPS) is 12.9. The largest absolute Gasteiger partial charge is 0.368 e. The number of rotatable bonds is 7. The van der Waals surface area contributed by atoms with Gasteiger partial charge in [-0.25, -0.2) is 0 Å². The summed E-state index contributed by atoms with van der Waals surface area (Å²) in [5.41, 5.74) is 6.43. The Morgan fingerprint density at radius 1 is 1.59 bits per heavy atom. The van der Waals surface area contributed by atoms with Gasteiger partial charge in [0.2, 0.25) is 5.91 Å². The van der Waals surface area contributed by atoms with Gasteiger partial charge in [0.15, 0.2) is 0 Å². The molecular formula is C12H22N4O. The number of nitrogens with two attached hydrogens (primary N) is 1. The van der Waals surface area contributed by atoms with Crippen molar-refractivity contribution in [2.75, 3.05) is 0 Å². The number of carbonyl (C=O) groups excluding carboxylic acids is 1. The smallest absolute Gasteiger partial charge is 0.234 e. The summed E-state index contributed by atoms with van der Waals surface area (Å²) in [5.74, 6) is -0.114. The monoisotopic (exact) mass is 238 g/mol. The fraction of sp³-hybridized carbons (Fsp3) is 0.667. The standard InChI is InChI=1S/C12H22N4O/c1-4-7-16-10(5-6-15-16)8-14-11(9(2)3)12(13)17/h5-6,9,11,14H,4,7-8H2,1-3H3,(H2,13,17). The minimum atomic E-state index is -0.304. The van der Waals surface area contributed by atoms with E-state index in [9.17, 15) is 4.79 Å². The van der Waals surface area contributed by atoms with Crippen molar-refractivity contribution in [3.8, 4) is 0 Å². The zero-order chi connectivity index (χ0) is 12.8. The van der Waals surface area contributed by atoms with Gasteiger partial charge in [-0.15, -0.1) is 0 Å². The lowest BCUT2D eigenvalue weighted by molar-refractivity contribution is -0.121. The van der Waals surface area contributed by atoms with Gasteiger partial charge in [0, 0.05) is 19.3 Å². The molecule has 1 aromatic heterocycles. The maximum absolute atomic E-state index is 11.2. The van der Waals surface area contributed by atoms with E-state index in [2.05, 4.69) is 17.3 Å². The molecule has 0 saturated carbocycles. The molecule has 1 aromatic rings. The van der Waals surface area contributed by atoms with Gasteiger partial charge < -0.3 is 5.73 Å². The Morgan fingerprint density at radius 3 is 2.82 bits per heavy atom. The maximum atomic E-state index is 11.2. The van der Waals surface area contributed by atoms with E-state index in [1.54, 1.807) is 6.20 Å². The van der Waals surface area contributed by atoms with Crippen LogP contribution in [-0.2, 0) is 17.9 Å². The van der Waals surface area contributed by atoms with Crippen molar-refractivity contribution in [2.45, 2.75) is 46.3 Å². The first-order chi connectivity index (χ1) is 8.06. The number of aryl methyl sites for hydroxylation is 1. The van der Waals surface area contributed by atoms with Gasteiger partial charge in [-0.2, -0.15) is 5.10 Å². The fourth-order valence-corrected chi connectivity index (χ4v) is 1.80. The van der Waals surface area contributed by atoms with Crippen molar-refractivity contribution in [3.63, 3.8) is 0 Å².